The molecular formula is C11H14N4O4S2. The van der Waals surface area contributed by atoms with Crippen LogP contribution in [0.4, 0.5) is 0 Å². The Labute approximate surface area is 124 Å². The van der Waals surface area contributed by atoms with Crippen LogP contribution in [0.3, 0.4) is 0 Å². The van der Waals surface area contributed by atoms with Gasteiger partial charge in [-0.05, 0) is 6.42 Å². The second-order valence-corrected chi connectivity index (χ2v) is 8.61. The fourth-order valence-corrected chi connectivity index (χ4v) is 5.81. The standard InChI is InChI=1S/C11H14N4O4S2/c1-14-8-7(9(16)15(2)11(14)17)12-10(13-8)20-6-3-4-21(18,19)5-6/h6H,3-5H2,1-2H3,(H,12,13). The fraction of sp³-hybridized carbons (Fsp3) is 0.545. The van der Waals surface area contributed by atoms with E-state index in [0.29, 0.717) is 11.6 Å². The molecule has 10 heteroatoms. The van der Waals surface area contributed by atoms with E-state index in [1.807, 2.05) is 0 Å². The van der Waals surface area contributed by atoms with Crippen LogP contribution in [0, 0.1) is 0 Å². The second kappa shape index (κ2) is 4.73. The van der Waals surface area contributed by atoms with E-state index in [2.05, 4.69) is 9.97 Å². The van der Waals surface area contributed by atoms with Crippen LogP contribution >= 0.6 is 11.8 Å². The van der Waals surface area contributed by atoms with Gasteiger partial charge in [0.05, 0.1) is 11.5 Å². The lowest BCUT2D eigenvalue weighted by Crippen LogP contribution is -2.36. The molecule has 0 saturated carbocycles. The summed E-state index contributed by atoms with van der Waals surface area (Å²) in [4.78, 5) is 31.0. The molecule has 0 amide bonds. The van der Waals surface area contributed by atoms with Gasteiger partial charge in [-0.1, -0.05) is 11.8 Å². The van der Waals surface area contributed by atoms with E-state index in [1.165, 1.54) is 23.4 Å². The van der Waals surface area contributed by atoms with Crippen molar-refractivity contribution < 1.29 is 8.42 Å². The minimum Gasteiger partial charge on any atom is -0.327 e. The van der Waals surface area contributed by atoms with Gasteiger partial charge in [0.1, 0.15) is 0 Å². The number of hydrogen-bond acceptors (Lipinski definition) is 6. The van der Waals surface area contributed by atoms with Crippen molar-refractivity contribution in [2.45, 2.75) is 16.8 Å². The summed E-state index contributed by atoms with van der Waals surface area (Å²) in [5.74, 6) is 0.302. The number of nitrogens with zero attached hydrogens (tertiary/aromatic N) is 3. The normalized spacial score (nSPS) is 21.1. The second-order valence-electron chi connectivity index (χ2n) is 5.09. The molecule has 1 aliphatic rings. The van der Waals surface area contributed by atoms with E-state index in [1.54, 1.807) is 7.05 Å². The number of aryl methyl sites for hydroxylation is 1. The molecule has 0 radical (unpaired) electrons. The smallest absolute Gasteiger partial charge is 0.327 e. The van der Waals surface area contributed by atoms with Crippen molar-refractivity contribution in [2.75, 3.05) is 11.5 Å². The highest BCUT2D eigenvalue weighted by molar-refractivity contribution is 8.01. The van der Waals surface area contributed by atoms with Crippen molar-refractivity contribution >= 4 is 32.8 Å². The summed E-state index contributed by atoms with van der Waals surface area (Å²) in [7, 11) is -0.0138. The first-order valence-electron chi connectivity index (χ1n) is 6.31. The molecule has 1 aliphatic heterocycles. The van der Waals surface area contributed by atoms with Gasteiger partial charge in [0.25, 0.3) is 5.56 Å². The summed E-state index contributed by atoms with van der Waals surface area (Å²) in [5.41, 5.74) is -0.347. The number of fused-ring (bicyclic) bond motifs is 1. The fourth-order valence-electron chi connectivity index (χ4n) is 2.37. The third kappa shape index (κ3) is 2.42. The van der Waals surface area contributed by atoms with Gasteiger partial charge in [-0.25, -0.2) is 18.2 Å². The molecule has 3 heterocycles. The molecule has 1 N–H and O–H groups in total. The van der Waals surface area contributed by atoms with Crippen molar-refractivity contribution in [1.82, 2.24) is 19.1 Å². The predicted octanol–water partition coefficient (Wildman–Crippen LogP) is -0.760. The van der Waals surface area contributed by atoms with Crippen LogP contribution in [0.2, 0.25) is 0 Å². The molecule has 1 atom stereocenters. The van der Waals surface area contributed by atoms with Gasteiger partial charge >= 0.3 is 5.69 Å². The van der Waals surface area contributed by atoms with Crippen molar-refractivity contribution in [3.63, 3.8) is 0 Å². The van der Waals surface area contributed by atoms with Gasteiger partial charge < -0.3 is 4.98 Å². The number of aromatic nitrogens is 4. The zero-order chi connectivity index (χ0) is 15.4. The number of rotatable bonds is 2. The largest absolute Gasteiger partial charge is 0.332 e. The zero-order valence-electron chi connectivity index (χ0n) is 11.5. The van der Waals surface area contributed by atoms with Gasteiger partial charge in [0.2, 0.25) is 0 Å². The van der Waals surface area contributed by atoms with Gasteiger partial charge in [-0.3, -0.25) is 13.9 Å². The molecule has 1 saturated heterocycles. The topological polar surface area (TPSA) is 107 Å². The summed E-state index contributed by atoms with van der Waals surface area (Å²) in [5, 5.41) is 0.391. The lowest BCUT2D eigenvalue weighted by Gasteiger charge is -2.02. The molecule has 2 aromatic rings. The van der Waals surface area contributed by atoms with Gasteiger partial charge in [-0.15, -0.1) is 0 Å². The van der Waals surface area contributed by atoms with Crippen molar-refractivity contribution in [1.29, 1.82) is 0 Å². The molecule has 21 heavy (non-hydrogen) atoms. The number of aromatic amines is 1. The van der Waals surface area contributed by atoms with Crippen molar-refractivity contribution in [3.8, 4) is 0 Å². The van der Waals surface area contributed by atoms with Gasteiger partial charge in [0, 0.05) is 19.3 Å². The molecule has 0 aliphatic carbocycles. The van der Waals surface area contributed by atoms with E-state index in [4.69, 9.17) is 0 Å². The Balaban J connectivity index is 2.03. The maximum absolute atomic E-state index is 12.0. The van der Waals surface area contributed by atoms with E-state index < -0.39 is 21.1 Å². The van der Waals surface area contributed by atoms with E-state index in [9.17, 15) is 18.0 Å². The molecule has 2 aromatic heterocycles. The lowest BCUT2D eigenvalue weighted by atomic mass is 10.4. The summed E-state index contributed by atoms with van der Waals surface area (Å²) in [6.45, 7) is 0. The summed E-state index contributed by atoms with van der Waals surface area (Å²) < 4.78 is 25.2. The maximum Gasteiger partial charge on any atom is 0.332 e. The van der Waals surface area contributed by atoms with E-state index in [0.717, 1.165) is 4.57 Å². The van der Waals surface area contributed by atoms with Crippen LogP contribution in [0.5, 0.6) is 0 Å². The number of nitrogens with one attached hydrogen (secondary N) is 1. The molecule has 1 fully saturated rings. The number of thioether (sulfide) groups is 1. The summed E-state index contributed by atoms with van der Waals surface area (Å²) in [6, 6.07) is 0. The van der Waals surface area contributed by atoms with Gasteiger partial charge in [-0.2, -0.15) is 0 Å². The van der Waals surface area contributed by atoms with Gasteiger partial charge in [0.15, 0.2) is 26.2 Å². The Bertz CT molecular complexity index is 938. The SMILES string of the molecule is Cn1c(=O)c2[nH]c(SC3CCS(=O)(=O)C3)nc2n(C)c1=O. The van der Waals surface area contributed by atoms with Crippen molar-refractivity contribution in [3.05, 3.63) is 20.8 Å². The molecular weight excluding hydrogens is 316 g/mol. The summed E-state index contributed by atoms with van der Waals surface area (Å²) in [6.07, 6.45) is 0.570. The Morgan fingerprint density at radius 3 is 2.62 bits per heavy atom. The maximum atomic E-state index is 12.0. The highest BCUT2D eigenvalue weighted by Crippen LogP contribution is 2.29. The highest BCUT2D eigenvalue weighted by atomic mass is 32.2. The van der Waals surface area contributed by atoms with Crippen LogP contribution in [-0.4, -0.2) is 44.3 Å². The van der Waals surface area contributed by atoms with E-state index >= 15 is 0 Å². The van der Waals surface area contributed by atoms with Crippen LogP contribution in [0.15, 0.2) is 14.7 Å². The van der Waals surface area contributed by atoms with E-state index in [-0.39, 0.29) is 27.9 Å². The first-order valence-corrected chi connectivity index (χ1v) is 9.01. The monoisotopic (exact) mass is 330 g/mol. The summed E-state index contributed by atoms with van der Waals surface area (Å²) >= 11 is 1.30. The lowest BCUT2D eigenvalue weighted by molar-refractivity contribution is 0.602. The first-order chi connectivity index (χ1) is 9.78. The third-order valence-electron chi connectivity index (χ3n) is 3.54. The molecule has 1 unspecified atom stereocenters. The number of H-pyrrole nitrogens is 1. The van der Waals surface area contributed by atoms with Crippen LogP contribution in [0.1, 0.15) is 6.42 Å². The Morgan fingerprint density at radius 1 is 1.29 bits per heavy atom. The van der Waals surface area contributed by atoms with Crippen molar-refractivity contribution in [2.24, 2.45) is 14.1 Å². The van der Waals surface area contributed by atoms with Crippen LogP contribution in [-0.2, 0) is 23.9 Å². The Kier molecular flexibility index (Phi) is 3.24. The average Bonchev–Trinajstić information content (AvgIpc) is 2.98. The minimum atomic E-state index is -2.96. The van der Waals surface area contributed by atoms with Crippen LogP contribution < -0.4 is 11.2 Å². The molecule has 114 valence electrons. The molecule has 3 rings (SSSR count). The quantitative estimate of drug-likeness (QED) is 0.776. The first kappa shape index (κ1) is 14.4. The number of hydrogen-bond donors (Lipinski definition) is 1. The number of sulfone groups is 1. The predicted molar refractivity (Wildman–Crippen MR) is 79.5 cm³/mol. The molecule has 0 bridgehead atoms. The van der Waals surface area contributed by atoms with Crippen LogP contribution in [0.25, 0.3) is 11.2 Å². The third-order valence-corrected chi connectivity index (χ3v) is 6.67. The Morgan fingerprint density at radius 2 is 2.00 bits per heavy atom. The molecule has 0 spiro atoms. The minimum absolute atomic E-state index is 0.0727. The highest BCUT2D eigenvalue weighted by Gasteiger charge is 2.29. The number of imidazole rings is 1. The molecule has 8 nitrogen and oxygen atoms in total. The zero-order valence-corrected chi connectivity index (χ0v) is 13.1. The Hall–Kier alpha value is -1.55. The average molecular weight is 330 g/mol. The molecule has 0 aromatic carbocycles.